The summed E-state index contributed by atoms with van der Waals surface area (Å²) in [6.07, 6.45) is 1.32. The third-order valence-electron chi connectivity index (χ3n) is 5.01. The summed E-state index contributed by atoms with van der Waals surface area (Å²) in [5, 5.41) is 15.1. The molecule has 2 aromatic heterocycles. The van der Waals surface area contributed by atoms with E-state index in [2.05, 4.69) is 20.6 Å². The topological polar surface area (TPSA) is 178 Å². The maximum atomic E-state index is 12.8. The summed E-state index contributed by atoms with van der Waals surface area (Å²) in [5.74, 6) is -1.51. The van der Waals surface area contributed by atoms with Crippen molar-refractivity contribution in [2.75, 3.05) is 6.54 Å². The first-order valence-corrected chi connectivity index (χ1v) is 10.6. The average Bonchev–Trinajstić information content (AvgIpc) is 2.81. The van der Waals surface area contributed by atoms with Gasteiger partial charge in [0.15, 0.2) is 0 Å². The van der Waals surface area contributed by atoms with Crippen LogP contribution in [0.3, 0.4) is 0 Å². The summed E-state index contributed by atoms with van der Waals surface area (Å²) in [5.41, 5.74) is 4.72. The van der Waals surface area contributed by atoms with E-state index in [0.717, 1.165) is 0 Å². The molecule has 2 heterocycles. The number of Topliss-reactive ketones (excluding diaryl/α,β-unsaturated/α-hetero) is 1. The van der Waals surface area contributed by atoms with Gasteiger partial charge in [0.05, 0.1) is 12.6 Å². The number of carbonyl (C=O) groups excluding carboxylic acids is 3. The molecule has 0 bridgehead atoms. The standard InChI is InChI=1S/C23H25N5O6/c1-12(2)20(21(31)16-5-7-25-18(11-24)27-16)28-19(30)6-8-26-22(32)15-9-13-3-4-14(29)10-17(13)34-23(15)33/h3-5,7,9-10,12,20,29H,6,8,11,24H2,1-2H3,(H,26,32)(H,28,30)/t20-/m0/s1. The number of aromatic hydroxyl groups is 1. The van der Waals surface area contributed by atoms with E-state index in [9.17, 15) is 24.3 Å². The lowest BCUT2D eigenvalue weighted by Crippen LogP contribution is -2.45. The molecular formula is C23H25N5O6. The van der Waals surface area contributed by atoms with Crippen molar-refractivity contribution in [2.45, 2.75) is 32.9 Å². The van der Waals surface area contributed by atoms with E-state index in [1.807, 2.05) is 0 Å². The predicted octanol–water partition coefficient (Wildman–Crippen LogP) is 0.891. The number of amides is 2. The number of carbonyl (C=O) groups is 3. The second-order valence-electron chi connectivity index (χ2n) is 7.89. The number of nitrogens with one attached hydrogen (secondary N) is 2. The first-order valence-electron chi connectivity index (χ1n) is 10.6. The van der Waals surface area contributed by atoms with Crippen molar-refractivity contribution in [2.24, 2.45) is 11.7 Å². The zero-order valence-corrected chi connectivity index (χ0v) is 18.7. The van der Waals surface area contributed by atoms with Gasteiger partial charge in [-0.05, 0) is 30.2 Å². The fourth-order valence-electron chi connectivity index (χ4n) is 3.22. The van der Waals surface area contributed by atoms with Gasteiger partial charge in [-0.15, -0.1) is 0 Å². The molecule has 178 valence electrons. The van der Waals surface area contributed by atoms with Gasteiger partial charge in [-0.3, -0.25) is 14.4 Å². The molecule has 0 aliphatic carbocycles. The number of rotatable bonds is 9. The lowest BCUT2D eigenvalue weighted by atomic mass is 9.97. The highest BCUT2D eigenvalue weighted by Crippen LogP contribution is 2.19. The van der Waals surface area contributed by atoms with E-state index in [4.69, 9.17) is 10.2 Å². The Labute approximate surface area is 194 Å². The molecule has 0 aliphatic rings. The lowest BCUT2D eigenvalue weighted by molar-refractivity contribution is -0.121. The van der Waals surface area contributed by atoms with E-state index in [0.29, 0.717) is 11.2 Å². The van der Waals surface area contributed by atoms with Crippen molar-refractivity contribution in [3.05, 3.63) is 64.0 Å². The molecule has 1 atom stereocenters. The molecule has 5 N–H and O–H groups in total. The van der Waals surface area contributed by atoms with Crippen LogP contribution >= 0.6 is 0 Å². The van der Waals surface area contributed by atoms with Gasteiger partial charge in [0.2, 0.25) is 11.7 Å². The van der Waals surface area contributed by atoms with Crippen LogP contribution in [-0.2, 0) is 11.3 Å². The number of hydrogen-bond acceptors (Lipinski definition) is 9. The Bertz CT molecular complexity index is 1290. The molecule has 2 amide bonds. The van der Waals surface area contributed by atoms with Crippen LogP contribution in [0.4, 0.5) is 0 Å². The van der Waals surface area contributed by atoms with Crippen LogP contribution in [0.15, 0.2) is 45.7 Å². The molecular weight excluding hydrogens is 442 g/mol. The molecule has 1 aromatic carbocycles. The molecule has 0 saturated carbocycles. The second kappa shape index (κ2) is 10.7. The third kappa shape index (κ3) is 5.81. The molecule has 0 aliphatic heterocycles. The third-order valence-corrected chi connectivity index (χ3v) is 5.01. The number of nitrogens with two attached hydrogens (primary N) is 1. The molecule has 3 rings (SSSR count). The minimum Gasteiger partial charge on any atom is -0.508 e. The molecule has 0 fully saturated rings. The number of aromatic nitrogens is 2. The number of nitrogens with zero attached hydrogens (tertiary/aromatic N) is 2. The van der Waals surface area contributed by atoms with Gasteiger partial charge in [-0.25, -0.2) is 14.8 Å². The van der Waals surface area contributed by atoms with Crippen LogP contribution in [0.1, 0.15) is 46.9 Å². The monoisotopic (exact) mass is 467 g/mol. The first-order chi connectivity index (χ1) is 16.2. The van der Waals surface area contributed by atoms with E-state index in [1.165, 1.54) is 36.5 Å². The summed E-state index contributed by atoms with van der Waals surface area (Å²) >= 11 is 0. The SMILES string of the molecule is CC(C)[C@H](NC(=O)CCNC(=O)c1cc2ccc(O)cc2oc1=O)C(=O)c1ccnc(CN)n1. The van der Waals surface area contributed by atoms with Crippen molar-refractivity contribution in [1.82, 2.24) is 20.6 Å². The molecule has 0 spiro atoms. The normalized spacial score (nSPS) is 11.9. The maximum Gasteiger partial charge on any atom is 0.349 e. The minimum absolute atomic E-state index is 0.0679. The van der Waals surface area contributed by atoms with Crippen LogP contribution in [0.5, 0.6) is 5.75 Å². The highest BCUT2D eigenvalue weighted by Gasteiger charge is 2.26. The Morgan fingerprint density at radius 1 is 1.18 bits per heavy atom. The predicted molar refractivity (Wildman–Crippen MR) is 122 cm³/mol. The van der Waals surface area contributed by atoms with Crippen molar-refractivity contribution >= 4 is 28.6 Å². The average molecular weight is 467 g/mol. The van der Waals surface area contributed by atoms with Gasteiger partial charge in [0.25, 0.3) is 5.91 Å². The number of fused-ring (bicyclic) bond motifs is 1. The summed E-state index contributed by atoms with van der Waals surface area (Å²) < 4.78 is 5.07. The zero-order chi connectivity index (χ0) is 24.8. The largest absolute Gasteiger partial charge is 0.508 e. The Balaban J connectivity index is 1.60. The van der Waals surface area contributed by atoms with Gasteiger partial charge >= 0.3 is 5.63 Å². The highest BCUT2D eigenvalue weighted by molar-refractivity contribution is 6.01. The fraction of sp³-hybridized carbons (Fsp3) is 0.304. The molecule has 11 heteroatoms. The minimum atomic E-state index is -0.868. The quantitative estimate of drug-likeness (QED) is 0.263. The Morgan fingerprint density at radius 3 is 2.65 bits per heavy atom. The highest BCUT2D eigenvalue weighted by atomic mass is 16.4. The number of hydrogen-bond donors (Lipinski definition) is 4. The Kier molecular flexibility index (Phi) is 7.69. The number of ketones is 1. The smallest absolute Gasteiger partial charge is 0.349 e. The lowest BCUT2D eigenvalue weighted by Gasteiger charge is -2.21. The maximum absolute atomic E-state index is 12.8. The van der Waals surface area contributed by atoms with Crippen molar-refractivity contribution in [3.8, 4) is 5.75 Å². The number of phenols is 1. The summed E-state index contributed by atoms with van der Waals surface area (Å²) in [7, 11) is 0. The van der Waals surface area contributed by atoms with Gasteiger partial charge < -0.3 is 25.9 Å². The van der Waals surface area contributed by atoms with Crippen LogP contribution in [0.2, 0.25) is 0 Å². The first kappa shape index (κ1) is 24.5. The van der Waals surface area contributed by atoms with Crippen molar-refractivity contribution < 1.29 is 23.9 Å². The van der Waals surface area contributed by atoms with Gasteiger partial charge in [0.1, 0.15) is 28.4 Å². The summed E-state index contributed by atoms with van der Waals surface area (Å²) in [6.45, 7) is 3.59. The molecule has 0 unspecified atom stereocenters. The van der Waals surface area contributed by atoms with Crippen LogP contribution in [0.25, 0.3) is 11.0 Å². The van der Waals surface area contributed by atoms with Crippen LogP contribution in [-0.4, -0.2) is 45.3 Å². The fourth-order valence-corrected chi connectivity index (χ4v) is 3.22. The van der Waals surface area contributed by atoms with E-state index in [1.54, 1.807) is 13.8 Å². The Hall–Kier alpha value is -4.12. The van der Waals surface area contributed by atoms with Gasteiger partial charge in [-0.2, -0.15) is 0 Å². The van der Waals surface area contributed by atoms with E-state index >= 15 is 0 Å². The molecule has 34 heavy (non-hydrogen) atoms. The number of phenolic OH excluding ortho intramolecular Hbond substituents is 1. The zero-order valence-electron chi connectivity index (χ0n) is 18.7. The molecule has 0 saturated heterocycles. The van der Waals surface area contributed by atoms with Crippen LogP contribution < -0.4 is 22.0 Å². The summed E-state index contributed by atoms with van der Waals surface area (Å²) in [6, 6.07) is 6.16. The molecule has 3 aromatic rings. The Morgan fingerprint density at radius 2 is 1.94 bits per heavy atom. The van der Waals surface area contributed by atoms with Gasteiger partial charge in [0, 0.05) is 30.6 Å². The molecule has 11 nitrogen and oxygen atoms in total. The van der Waals surface area contributed by atoms with E-state index < -0.39 is 23.5 Å². The van der Waals surface area contributed by atoms with Crippen LogP contribution in [0, 0.1) is 5.92 Å². The van der Waals surface area contributed by atoms with Crippen molar-refractivity contribution in [3.63, 3.8) is 0 Å². The summed E-state index contributed by atoms with van der Waals surface area (Å²) in [4.78, 5) is 57.9. The number of benzene rings is 1. The second-order valence-corrected chi connectivity index (χ2v) is 7.89. The van der Waals surface area contributed by atoms with Crippen molar-refractivity contribution in [1.29, 1.82) is 0 Å². The molecule has 0 radical (unpaired) electrons. The van der Waals surface area contributed by atoms with E-state index in [-0.39, 0.29) is 53.8 Å². The van der Waals surface area contributed by atoms with Gasteiger partial charge in [-0.1, -0.05) is 13.8 Å².